The maximum absolute atomic E-state index is 5.89. The van der Waals surface area contributed by atoms with Crippen molar-refractivity contribution in [1.82, 2.24) is 0 Å². The van der Waals surface area contributed by atoms with E-state index in [1.165, 1.54) is 11.1 Å². The molecule has 0 bridgehead atoms. The van der Waals surface area contributed by atoms with Gasteiger partial charge in [0, 0.05) is 11.8 Å². The van der Waals surface area contributed by atoms with Gasteiger partial charge in [-0.1, -0.05) is 12.1 Å². The second kappa shape index (κ2) is 5.13. The number of aliphatic imine (C=N–C) groups is 1. The Morgan fingerprint density at radius 1 is 1.19 bits per heavy atom. The van der Waals surface area contributed by atoms with Crippen LogP contribution in [0.2, 0.25) is 0 Å². The molecule has 4 nitrogen and oxygen atoms in total. The fourth-order valence-electron chi connectivity index (χ4n) is 2.33. The molecule has 0 amide bonds. The first-order valence-corrected chi connectivity index (χ1v) is 7.02. The summed E-state index contributed by atoms with van der Waals surface area (Å²) >= 11 is 0. The Kier molecular flexibility index (Phi) is 3.29. The van der Waals surface area contributed by atoms with Crippen molar-refractivity contribution in [3.63, 3.8) is 0 Å². The van der Waals surface area contributed by atoms with Gasteiger partial charge in [0.1, 0.15) is 11.6 Å². The number of ether oxygens (including phenoxy) is 1. The van der Waals surface area contributed by atoms with E-state index in [4.69, 9.17) is 15.5 Å². The Morgan fingerprint density at radius 2 is 2.00 bits per heavy atom. The van der Waals surface area contributed by atoms with Gasteiger partial charge in [0.05, 0.1) is 11.4 Å². The van der Waals surface area contributed by atoms with Gasteiger partial charge in [-0.15, -0.1) is 0 Å². The van der Waals surface area contributed by atoms with Gasteiger partial charge < -0.3 is 15.8 Å². The number of rotatable bonds is 1. The lowest BCUT2D eigenvalue weighted by molar-refractivity contribution is 0.283. The van der Waals surface area contributed by atoms with Gasteiger partial charge in [0.2, 0.25) is 0 Å². The van der Waals surface area contributed by atoms with Crippen molar-refractivity contribution < 1.29 is 4.74 Å². The average molecular weight is 281 g/mol. The molecule has 1 aliphatic heterocycles. The van der Waals surface area contributed by atoms with Crippen molar-refractivity contribution in [1.29, 1.82) is 0 Å². The predicted molar refractivity (Wildman–Crippen MR) is 87.6 cm³/mol. The zero-order valence-corrected chi connectivity index (χ0v) is 12.5. The van der Waals surface area contributed by atoms with Gasteiger partial charge in [-0.3, -0.25) is 0 Å². The molecule has 2 aromatic carbocycles. The van der Waals surface area contributed by atoms with Crippen LogP contribution >= 0.6 is 0 Å². The maximum Gasteiger partial charge on any atom is 0.153 e. The minimum Gasteiger partial charge on any atom is -0.481 e. The summed E-state index contributed by atoms with van der Waals surface area (Å²) in [6, 6.07) is 11.7. The van der Waals surface area contributed by atoms with Crippen molar-refractivity contribution >= 4 is 22.9 Å². The number of nitrogens with one attached hydrogen (secondary N) is 1. The summed E-state index contributed by atoms with van der Waals surface area (Å²) in [7, 11) is 0. The number of nitrogen functional groups attached to an aromatic ring is 1. The van der Waals surface area contributed by atoms with E-state index in [0.29, 0.717) is 5.69 Å². The Labute approximate surface area is 124 Å². The molecule has 3 rings (SSSR count). The number of hydrogen-bond acceptors (Lipinski definition) is 3. The Bertz CT molecular complexity index is 722. The summed E-state index contributed by atoms with van der Waals surface area (Å²) in [4.78, 5) is 4.73. The molecular formula is C17H19N3O. The van der Waals surface area contributed by atoms with Crippen LogP contribution in [0, 0.1) is 13.8 Å². The normalized spacial score (nSPS) is 18.8. The summed E-state index contributed by atoms with van der Waals surface area (Å²) in [5, 5.41) is 3.34. The average Bonchev–Trinajstić information content (AvgIpc) is 2.45. The van der Waals surface area contributed by atoms with Crippen molar-refractivity contribution in [3.8, 4) is 5.75 Å². The predicted octanol–water partition coefficient (Wildman–Crippen LogP) is 3.81. The first kappa shape index (κ1) is 13.5. The van der Waals surface area contributed by atoms with Gasteiger partial charge >= 0.3 is 0 Å². The van der Waals surface area contributed by atoms with Crippen LogP contribution in [0.1, 0.15) is 18.1 Å². The minimum atomic E-state index is -0.140. The second-order valence-corrected chi connectivity index (χ2v) is 5.36. The van der Waals surface area contributed by atoms with E-state index in [1.54, 1.807) is 0 Å². The molecule has 1 atom stereocenters. The fourth-order valence-corrected chi connectivity index (χ4v) is 2.33. The van der Waals surface area contributed by atoms with Crippen LogP contribution < -0.4 is 15.8 Å². The maximum atomic E-state index is 5.89. The van der Waals surface area contributed by atoms with Crippen LogP contribution in [0.15, 0.2) is 41.4 Å². The number of nitrogens with two attached hydrogens (primary N) is 1. The summed E-state index contributed by atoms with van der Waals surface area (Å²) in [6.07, 6.45) is -0.140. The van der Waals surface area contributed by atoms with Crippen LogP contribution in [-0.4, -0.2) is 11.9 Å². The van der Waals surface area contributed by atoms with Crippen LogP contribution in [0.25, 0.3) is 0 Å². The smallest absolute Gasteiger partial charge is 0.153 e. The first-order chi connectivity index (χ1) is 10.0. The molecule has 0 fully saturated rings. The molecule has 4 heteroatoms. The quantitative estimate of drug-likeness (QED) is 0.781. The molecule has 0 saturated heterocycles. The number of anilines is 2. The lowest BCUT2D eigenvalue weighted by Gasteiger charge is -2.26. The standard InChI is InChI=1S/C17H19N3O/c1-10-5-4-6-14(11(10)2)19-17-12(3)21-16-9-13(18)7-8-15(16)20-17/h4-9,12H,18H2,1-3H3,(H,19,20). The van der Waals surface area contributed by atoms with Crippen molar-refractivity contribution in [3.05, 3.63) is 47.5 Å². The molecule has 21 heavy (non-hydrogen) atoms. The SMILES string of the molecule is Cc1cccc(N=C2Nc3ccc(N)cc3OC2C)c1C. The third-order valence-corrected chi connectivity index (χ3v) is 3.77. The summed E-state index contributed by atoms with van der Waals surface area (Å²) < 4.78 is 5.89. The number of aryl methyl sites for hydroxylation is 1. The highest BCUT2D eigenvalue weighted by Crippen LogP contribution is 2.32. The van der Waals surface area contributed by atoms with E-state index in [9.17, 15) is 0 Å². The van der Waals surface area contributed by atoms with E-state index in [0.717, 1.165) is 23.0 Å². The minimum absolute atomic E-state index is 0.140. The highest BCUT2D eigenvalue weighted by molar-refractivity contribution is 6.03. The Hall–Kier alpha value is -2.49. The van der Waals surface area contributed by atoms with Crippen LogP contribution in [0.5, 0.6) is 5.75 Å². The highest BCUT2D eigenvalue weighted by Gasteiger charge is 2.22. The lowest BCUT2D eigenvalue weighted by Crippen LogP contribution is -2.34. The van der Waals surface area contributed by atoms with E-state index in [1.807, 2.05) is 37.3 Å². The van der Waals surface area contributed by atoms with E-state index >= 15 is 0 Å². The molecule has 0 aliphatic carbocycles. The fraction of sp³-hybridized carbons (Fsp3) is 0.235. The molecule has 0 radical (unpaired) electrons. The number of nitrogens with zero attached hydrogens (tertiary/aromatic N) is 1. The van der Waals surface area contributed by atoms with Crippen molar-refractivity contribution in [2.45, 2.75) is 26.9 Å². The van der Waals surface area contributed by atoms with Gasteiger partial charge in [0.15, 0.2) is 6.10 Å². The molecule has 108 valence electrons. The van der Waals surface area contributed by atoms with E-state index in [-0.39, 0.29) is 6.10 Å². The second-order valence-electron chi connectivity index (χ2n) is 5.36. The van der Waals surface area contributed by atoms with Crippen molar-refractivity contribution in [2.75, 3.05) is 11.1 Å². The highest BCUT2D eigenvalue weighted by atomic mass is 16.5. The number of fused-ring (bicyclic) bond motifs is 1. The van der Waals surface area contributed by atoms with Crippen LogP contribution in [-0.2, 0) is 0 Å². The number of benzene rings is 2. The molecule has 1 unspecified atom stereocenters. The topological polar surface area (TPSA) is 59.6 Å². The Balaban J connectivity index is 1.98. The van der Waals surface area contributed by atoms with Crippen molar-refractivity contribution in [2.24, 2.45) is 4.99 Å². The van der Waals surface area contributed by atoms with Gasteiger partial charge in [0.25, 0.3) is 0 Å². The third kappa shape index (κ3) is 2.57. The molecule has 0 spiro atoms. The zero-order valence-electron chi connectivity index (χ0n) is 12.5. The molecule has 2 aromatic rings. The van der Waals surface area contributed by atoms with E-state index in [2.05, 4.69) is 25.2 Å². The Morgan fingerprint density at radius 3 is 2.81 bits per heavy atom. The molecular weight excluding hydrogens is 262 g/mol. The summed E-state index contributed by atoms with van der Waals surface area (Å²) in [5.41, 5.74) is 10.7. The van der Waals surface area contributed by atoms with Crippen LogP contribution in [0.3, 0.4) is 0 Å². The molecule has 0 aromatic heterocycles. The lowest BCUT2D eigenvalue weighted by atomic mass is 10.1. The first-order valence-electron chi connectivity index (χ1n) is 7.02. The summed E-state index contributed by atoms with van der Waals surface area (Å²) in [5.74, 6) is 1.57. The third-order valence-electron chi connectivity index (χ3n) is 3.77. The van der Waals surface area contributed by atoms with Gasteiger partial charge in [-0.2, -0.15) is 0 Å². The molecule has 0 saturated carbocycles. The van der Waals surface area contributed by atoms with Gasteiger partial charge in [-0.05, 0) is 50.1 Å². The molecule has 1 aliphatic rings. The number of amidine groups is 1. The van der Waals surface area contributed by atoms with Crippen LogP contribution in [0.4, 0.5) is 17.1 Å². The zero-order chi connectivity index (χ0) is 15.0. The molecule has 1 heterocycles. The summed E-state index contributed by atoms with van der Waals surface area (Å²) in [6.45, 7) is 6.14. The largest absolute Gasteiger partial charge is 0.481 e. The molecule has 3 N–H and O–H groups in total. The monoisotopic (exact) mass is 281 g/mol. The number of hydrogen-bond donors (Lipinski definition) is 2. The van der Waals surface area contributed by atoms with E-state index < -0.39 is 0 Å². The van der Waals surface area contributed by atoms with Gasteiger partial charge in [-0.25, -0.2) is 4.99 Å².